The molecule has 0 aliphatic carbocycles. The topological polar surface area (TPSA) is 43.6 Å². The minimum absolute atomic E-state index is 0.152. The highest BCUT2D eigenvalue weighted by atomic mass is 35.5. The summed E-state index contributed by atoms with van der Waals surface area (Å²) in [5.41, 5.74) is 0.844. The molecule has 12 heavy (non-hydrogen) atoms. The molecule has 0 aliphatic rings. The third-order valence-electron chi connectivity index (χ3n) is 1.38. The first kappa shape index (κ1) is 7.24. The zero-order valence-electron chi connectivity index (χ0n) is 6.05. The summed E-state index contributed by atoms with van der Waals surface area (Å²) in [4.78, 5) is 1.38. The zero-order valence-corrected chi connectivity index (χ0v) is 6.81. The number of hydrogen-bond acceptors (Lipinski definition) is 3. The van der Waals surface area contributed by atoms with Gasteiger partial charge in [-0.15, -0.1) is 9.90 Å². The van der Waals surface area contributed by atoms with Gasteiger partial charge < -0.3 is 0 Å². The smallest absolute Gasteiger partial charge is 0.130 e. The predicted octanol–water partition coefficient (Wildman–Crippen LogP) is 1.32. The van der Waals surface area contributed by atoms with E-state index in [0.29, 0.717) is 0 Å². The van der Waals surface area contributed by atoms with Gasteiger partial charge in [0, 0.05) is 0 Å². The Hall–Kier alpha value is -1.42. The molecule has 0 fully saturated rings. The molecule has 1 aromatic heterocycles. The normalized spacial score (nSPS) is 10.1. The molecule has 0 N–H and O–H groups in total. The van der Waals surface area contributed by atoms with Crippen LogP contribution < -0.4 is 0 Å². The van der Waals surface area contributed by atoms with Gasteiger partial charge in [-0.2, -0.15) is 0 Å². The number of rotatable bonds is 1. The maximum atomic E-state index is 5.50. The van der Waals surface area contributed by atoms with Gasteiger partial charge in [0.15, 0.2) is 0 Å². The van der Waals surface area contributed by atoms with Crippen LogP contribution in [0.25, 0.3) is 5.69 Å². The van der Waals surface area contributed by atoms with Crippen molar-refractivity contribution >= 4 is 11.6 Å². The Labute approximate surface area is 73.8 Å². The summed E-state index contributed by atoms with van der Waals surface area (Å²) in [5, 5.41) is 11.3. The summed E-state index contributed by atoms with van der Waals surface area (Å²) >= 11 is 5.50. The summed E-state index contributed by atoms with van der Waals surface area (Å²) in [6.45, 7) is 0. The molecule has 1 aromatic carbocycles. The summed E-state index contributed by atoms with van der Waals surface area (Å²) in [5.74, 6) is 0. The van der Waals surface area contributed by atoms with Gasteiger partial charge in [-0.25, -0.2) is 0 Å². The average Bonchev–Trinajstić information content (AvgIpc) is 2.54. The first-order valence-corrected chi connectivity index (χ1v) is 3.75. The number of para-hydroxylation sites is 1. The maximum Gasteiger partial charge on any atom is 0.264 e. The Morgan fingerprint density at radius 1 is 1.17 bits per heavy atom. The quantitative estimate of drug-likeness (QED) is 0.665. The molecule has 0 radical (unpaired) electrons. The molecule has 0 atom stereocenters. The van der Waals surface area contributed by atoms with E-state index < -0.39 is 0 Å². The lowest BCUT2D eigenvalue weighted by Gasteiger charge is -1.94. The third kappa shape index (κ3) is 1.29. The van der Waals surface area contributed by atoms with Gasteiger partial charge in [0.05, 0.1) is 5.69 Å². The van der Waals surface area contributed by atoms with E-state index in [0.717, 1.165) is 5.69 Å². The van der Waals surface area contributed by atoms with Crippen molar-refractivity contribution in [2.24, 2.45) is 0 Å². The molecule has 2 rings (SSSR count). The van der Waals surface area contributed by atoms with Crippen LogP contribution >= 0.6 is 11.6 Å². The Balaban J connectivity index is 2.45. The number of aromatic nitrogens is 4. The molecule has 0 unspecified atom stereocenters. The molecule has 0 saturated heterocycles. The Morgan fingerprint density at radius 3 is 2.50 bits per heavy atom. The maximum absolute atomic E-state index is 5.50. The van der Waals surface area contributed by atoms with Crippen LogP contribution in [0.2, 0.25) is 5.28 Å². The minimum atomic E-state index is 0.152. The highest BCUT2D eigenvalue weighted by Crippen LogP contribution is 2.03. The fourth-order valence-corrected chi connectivity index (χ4v) is 0.974. The van der Waals surface area contributed by atoms with Crippen molar-refractivity contribution in [3.63, 3.8) is 0 Å². The van der Waals surface area contributed by atoms with Crippen LogP contribution in [-0.4, -0.2) is 20.2 Å². The third-order valence-corrected chi connectivity index (χ3v) is 1.53. The van der Waals surface area contributed by atoms with Crippen molar-refractivity contribution in [2.45, 2.75) is 0 Å². The number of tetrazole rings is 1. The zero-order chi connectivity index (χ0) is 8.39. The van der Waals surface area contributed by atoms with E-state index in [4.69, 9.17) is 11.6 Å². The minimum Gasteiger partial charge on any atom is -0.130 e. The first-order valence-electron chi connectivity index (χ1n) is 3.37. The summed E-state index contributed by atoms with van der Waals surface area (Å²) in [6, 6.07) is 9.46. The molecule has 60 valence electrons. The van der Waals surface area contributed by atoms with Crippen molar-refractivity contribution in [1.82, 2.24) is 20.2 Å². The van der Waals surface area contributed by atoms with Crippen LogP contribution in [0, 0.1) is 0 Å². The molecule has 1 heterocycles. The van der Waals surface area contributed by atoms with Gasteiger partial charge in [-0.05, 0) is 28.9 Å². The lowest BCUT2D eigenvalue weighted by molar-refractivity contribution is 0.720. The second kappa shape index (κ2) is 2.91. The number of halogens is 1. The molecular weight excluding hydrogens is 176 g/mol. The first-order chi connectivity index (χ1) is 5.86. The monoisotopic (exact) mass is 180 g/mol. The predicted molar refractivity (Wildman–Crippen MR) is 44.2 cm³/mol. The summed E-state index contributed by atoms with van der Waals surface area (Å²) < 4.78 is 0. The van der Waals surface area contributed by atoms with E-state index in [2.05, 4.69) is 15.4 Å². The van der Waals surface area contributed by atoms with E-state index in [1.54, 1.807) is 0 Å². The van der Waals surface area contributed by atoms with Crippen LogP contribution in [0.15, 0.2) is 30.3 Å². The standard InChI is InChI=1S/C7H5ClN4/c8-7-9-11-12(10-7)6-4-2-1-3-5-6/h1-5H. The molecule has 5 heteroatoms. The number of hydrogen-bond donors (Lipinski definition) is 0. The molecule has 0 amide bonds. The van der Waals surface area contributed by atoms with Crippen molar-refractivity contribution in [2.75, 3.05) is 0 Å². The van der Waals surface area contributed by atoms with Gasteiger partial charge in [0.1, 0.15) is 0 Å². The van der Waals surface area contributed by atoms with Crippen LogP contribution in [0.1, 0.15) is 0 Å². The largest absolute Gasteiger partial charge is 0.264 e. The average molecular weight is 181 g/mol. The van der Waals surface area contributed by atoms with Crippen molar-refractivity contribution in [3.05, 3.63) is 35.6 Å². The molecular formula is C7H5ClN4. The van der Waals surface area contributed by atoms with Crippen LogP contribution in [-0.2, 0) is 0 Å². The molecule has 2 aromatic rings. The summed E-state index contributed by atoms with van der Waals surface area (Å²) in [7, 11) is 0. The van der Waals surface area contributed by atoms with E-state index in [1.165, 1.54) is 4.80 Å². The number of nitrogens with zero attached hydrogens (tertiary/aromatic N) is 4. The van der Waals surface area contributed by atoms with Gasteiger partial charge in [0.2, 0.25) is 0 Å². The Kier molecular flexibility index (Phi) is 1.75. The molecule has 0 bridgehead atoms. The SMILES string of the molecule is Clc1nnn(-c2ccccc2)n1. The molecule has 0 spiro atoms. The van der Waals surface area contributed by atoms with Crippen molar-refractivity contribution < 1.29 is 0 Å². The summed E-state index contributed by atoms with van der Waals surface area (Å²) in [6.07, 6.45) is 0. The van der Waals surface area contributed by atoms with Crippen molar-refractivity contribution in [3.8, 4) is 5.69 Å². The van der Waals surface area contributed by atoms with Gasteiger partial charge >= 0.3 is 0 Å². The highest BCUT2D eigenvalue weighted by Gasteiger charge is 1.99. The second-order valence-corrected chi connectivity index (χ2v) is 2.52. The van der Waals surface area contributed by atoms with Gasteiger partial charge in [0.25, 0.3) is 5.28 Å². The van der Waals surface area contributed by atoms with E-state index in [-0.39, 0.29) is 5.28 Å². The van der Waals surface area contributed by atoms with Crippen molar-refractivity contribution in [1.29, 1.82) is 0 Å². The van der Waals surface area contributed by atoms with E-state index in [1.807, 2.05) is 30.3 Å². The number of benzene rings is 1. The van der Waals surface area contributed by atoms with Crippen LogP contribution in [0.3, 0.4) is 0 Å². The molecule has 4 nitrogen and oxygen atoms in total. The second-order valence-electron chi connectivity index (χ2n) is 2.18. The van der Waals surface area contributed by atoms with E-state index >= 15 is 0 Å². The lowest BCUT2D eigenvalue weighted by atomic mass is 10.3. The molecule has 0 aliphatic heterocycles. The Morgan fingerprint density at radius 2 is 1.92 bits per heavy atom. The lowest BCUT2D eigenvalue weighted by Crippen LogP contribution is -1.97. The van der Waals surface area contributed by atoms with E-state index in [9.17, 15) is 0 Å². The molecule has 0 saturated carbocycles. The highest BCUT2D eigenvalue weighted by molar-refractivity contribution is 6.28. The fourth-order valence-electron chi connectivity index (χ4n) is 0.868. The van der Waals surface area contributed by atoms with Gasteiger partial charge in [-0.1, -0.05) is 23.3 Å². The van der Waals surface area contributed by atoms with Gasteiger partial charge in [-0.3, -0.25) is 0 Å². The fraction of sp³-hybridized carbons (Fsp3) is 0. The van der Waals surface area contributed by atoms with Crippen LogP contribution in [0.5, 0.6) is 0 Å². The van der Waals surface area contributed by atoms with Crippen LogP contribution in [0.4, 0.5) is 0 Å². The Bertz CT molecular complexity index is 370.